The van der Waals surface area contributed by atoms with Gasteiger partial charge in [-0.15, -0.1) is 0 Å². The Morgan fingerprint density at radius 1 is 1.50 bits per heavy atom. The van der Waals surface area contributed by atoms with Gasteiger partial charge in [-0.3, -0.25) is 4.99 Å². The van der Waals surface area contributed by atoms with Crippen LogP contribution in [-0.2, 0) is 0 Å². The van der Waals surface area contributed by atoms with E-state index < -0.39 is 11.6 Å². The predicted octanol–water partition coefficient (Wildman–Crippen LogP) is 2.86. The number of hydrogen-bond acceptors (Lipinski definition) is 1. The van der Waals surface area contributed by atoms with Crippen LogP contribution in [0.3, 0.4) is 0 Å². The molecule has 0 bridgehead atoms. The van der Waals surface area contributed by atoms with Gasteiger partial charge in [0, 0.05) is 17.1 Å². The SMILES string of the molecule is CCCN=C(N)Nc1c(F)cc(F)cc1Br. The maximum atomic E-state index is 13.4. The Hall–Kier alpha value is -1.17. The minimum atomic E-state index is -0.721. The Morgan fingerprint density at radius 3 is 2.75 bits per heavy atom. The third-order valence-corrected chi connectivity index (χ3v) is 2.39. The van der Waals surface area contributed by atoms with E-state index in [1.807, 2.05) is 6.92 Å². The molecule has 0 atom stereocenters. The van der Waals surface area contributed by atoms with Crippen molar-refractivity contribution in [1.29, 1.82) is 0 Å². The molecule has 0 aliphatic carbocycles. The van der Waals surface area contributed by atoms with Gasteiger partial charge in [0.1, 0.15) is 5.82 Å². The molecular formula is C10H12BrF2N3. The first kappa shape index (κ1) is 12.9. The van der Waals surface area contributed by atoms with Crippen molar-refractivity contribution in [2.24, 2.45) is 10.7 Å². The number of anilines is 1. The van der Waals surface area contributed by atoms with Crippen molar-refractivity contribution < 1.29 is 8.78 Å². The first-order valence-electron chi connectivity index (χ1n) is 4.76. The molecule has 0 radical (unpaired) electrons. The van der Waals surface area contributed by atoms with Crippen molar-refractivity contribution in [2.45, 2.75) is 13.3 Å². The lowest BCUT2D eigenvalue weighted by Gasteiger charge is -2.09. The quantitative estimate of drug-likeness (QED) is 0.665. The summed E-state index contributed by atoms with van der Waals surface area (Å²) in [5, 5.41) is 2.58. The van der Waals surface area contributed by atoms with E-state index in [0.717, 1.165) is 18.6 Å². The highest BCUT2D eigenvalue weighted by atomic mass is 79.9. The van der Waals surface area contributed by atoms with E-state index in [4.69, 9.17) is 5.73 Å². The van der Waals surface area contributed by atoms with Gasteiger partial charge in [-0.1, -0.05) is 6.92 Å². The van der Waals surface area contributed by atoms with E-state index >= 15 is 0 Å². The summed E-state index contributed by atoms with van der Waals surface area (Å²) in [5.41, 5.74) is 5.61. The molecule has 0 amide bonds. The van der Waals surface area contributed by atoms with Gasteiger partial charge >= 0.3 is 0 Å². The Morgan fingerprint density at radius 2 is 2.19 bits per heavy atom. The lowest BCUT2D eigenvalue weighted by Crippen LogP contribution is -2.23. The molecule has 1 rings (SSSR count). The molecule has 0 fully saturated rings. The molecular weight excluding hydrogens is 280 g/mol. The Balaban J connectivity index is 2.89. The average Bonchev–Trinajstić information content (AvgIpc) is 2.20. The van der Waals surface area contributed by atoms with E-state index in [1.54, 1.807) is 0 Å². The van der Waals surface area contributed by atoms with Gasteiger partial charge in [-0.2, -0.15) is 0 Å². The summed E-state index contributed by atoms with van der Waals surface area (Å²) in [4.78, 5) is 3.94. The highest BCUT2D eigenvalue weighted by Gasteiger charge is 2.10. The molecule has 88 valence electrons. The van der Waals surface area contributed by atoms with Gasteiger partial charge in [0.25, 0.3) is 0 Å². The van der Waals surface area contributed by atoms with E-state index in [-0.39, 0.29) is 16.1 Å². The van der Waals surface area contributed by atoms with Gasteiger partial charge in [-0.05, 0) is 28.4 Å². The van der Waals surface area contributed by atoms with Crippen LogP contribution in [0.5, 0.6) is 0 Å². The Kier molecular flexibility index (Phi) is 4.67. The molecule has 0 aliphatic heterocycles. The zero-order chi connectivity index (χ0) is 12.1. The number of nitrogens with zero attached hydrogens (tertiary/aromatic N) is 1. The predicted molar refractivity (Wildman–Crippen MR) is 64.5 cm³/mol. The first-order valence-corrected chi connectivity index (χ1v) is 5.55. The van der Waals surface area contributed by atoms with Gasteiger partial charge in [0.15, 0.2) is 11.8 Å². The van der Waals surface area contributed by atoms with Crippen LogP contribution in [0.15, 0.2) is 21.6 Å². The largest absolute Gasteiger partial charge is 0.370 e. The second-order valence-corrected chi connectivity index (χ2v) is 3.99. The van der Waals surface area contributed by atoms with Gasteiger partial charge in [0.2, 0.25) is 0 Å². The van der Waals surface area contributed by atoms with E-state index in [9.17, 15) is 8.78 Å². The molecule has 0 saturated carbocycles. The van der Waals surface area contributed by atoms with Crippen molar-refractivity contribution in [3.05, 3.63) is 28.2 Å². The molecule has 0 aliphatic rings. The molecule has 1 aromatic rings. The van der Waals surface area contributed by atoms with Gasteiger partial charge < -0.3 is 11.1 Å². The highest BCUT2D eigenvalue weighted by Crippen LogP contribution is 2.26. The molecule has 1 aromatic carbocycles. The third kappa shape index (κ3) is 3.44. The minimum absolute atomic E-state index is 0.0822. The number of nitrogens with two attached hydrogens (primary N) is 1. The molecule has 0 heterocycles. The normalized spacial score (nSPS) is 11.6. The molecule has 0 saturated heterocycles. The highest BCUT2D eigenvalue weighted by molar-refractivity contribution is 9.10. The fourth-order valence-corrected chi connectivity index (χ4v) is 1.57. The van der Waals surface area contributed by atoms with E-state index in [1.165, 1.54) is 0 Å². The third-order valence-electron chi connectivity index (χ3n) is 1.77. The Bertz CT molecular complexity index is 384. The molecule has 3 N–H and O–H groups in total. The number of benzene rings is 1. The van der Waals surface area contributed by atoms with Gasteiger partial charge in [0.05, 0.1) is 5.69 Å². The number of halogens is 3. The second-order valence-electron chi connectivity index (χ2n) is 3.14. The van der Waals surface area contributed by atoms with Crippen LogP contribution >= 0.6 is 15.9 Å². The summed E-state index contributed by atoms with van der Waals surface area (Å²) < 4.78 is 26.4. The number of nitrogens with one attached hydrogen (secondary N) is 1. The molecule has 6 heteroatoms. The van der Waals surface area contributed by atoms with Crippen LogP contribution in [0.25, 0.3) is 0 Å². The topological polar surface area (TPSA) is 50.4 Å². The summed E-state index contributed by atoms with van der Waals surface area (Å²) >= 11 is 3.04. The first-order chi connectivity index (χ1) is 7.54. The summed E-state index contributed by atoms with van der Waals surface area (Å²) in [5.74, 6) is -1.27. The summed E-state index contributed by atoms with van der Waals surface area (Å²) in [6.45, 7) is 2.50. The van der Waals surface area contributed by atoms with Crippen molar-refractivity contribution >= 4 is 27.6 Å². The zero-order valence-electron chi connectivity index (χ0n) is 8.73. The fourth-order valence-electron chi connectivity index (χ4n) is 1.06. The zero-order valence-corrected chi connectivity index (χ0v) is 10.3. The van der Waals surface area contributed by atoms with Crippen molar-refractivity contribution in [2.75, 3.05) is 11.9 Å². The van der Waals surface area contributed by atoms with Crippen LogP contribution in [0.4, 0.5) is 14.5 Å². The van der Waals surface area contributed by atoms with Crippen molar-refractivity contribution in [1.82, 2.24) is 0 Å². The van der Waals surface area contributed by atoms with Crippen LogP contribution in [-0.4, -0.2) is 12.5 Å². The molecule has 0 aromatic heterocycles. The summed E-state index contributed by atoms with van der Waals surface area (Å²) in [7, 11) is 0. The lowest BCUT2D eigenvalue weighted by atomic mass is 10.3. The number of rotatable bonds is 3. The average molecular weight is 292 g/mol. The van der Waals surface area contributed by atoms with Crippen molar-refractivity contribution in [3.63, 3.8) is 0 Å². The van der Waals surface area contributed by atoms with Crippen LogP contribution in [0, 0.1) is 11.6 Å². The van der Waals surface area contributed by atoms with E-state index in [0.29, 0.717) is 6.54 Å². The van der Waals surface area contributed by atoms with Crippen LogP contribution in [0.2, 0.25) is 0 Å². The monoisotopic (exact) mass is 291 g/mol. The number of guanidine groups is 1. The minimum Gasteiger partial charge on any atom is -0.370 e. The molecule has 16 heavy (non-hydrogen) atoms. The second kappa shape index (κ2) is 5.79. The number of hydrogen-bond donors (Lipinski definition) is 2. The van der Waals surface area contributed by atoms with Crippen LogP contribution < -0.4 is 11.1 Å². The molecule has 3 nitrogen and oxygen atoms in total. The fraction of sp³-hybridized carbons (Fsp3) is 0.300. The Labute approximate surface area is 101 Å². The van der Waals surface area contributed by atoms with Crippen molar-refractivity contribution in [3.8, 4) is 0 Å². The van der Waals surface area contributed by atoms with Crippen LogP contribution in [0.1, 0.15) is 13.3 Å². The maximum absolute atomic E-state index is 13.4. The standard InChI is InChI=1S/C10H12BrF2N3/c1-2-3-15-10(14)16-9-7(11)4-6(12)5-8(9)13/h4-5H,2-3H2,1H3,(H3,14,15,16). The number of aliphatic imine (C=N–C) groups is 1. The van der Waals surface area contributed by atoms with E-state index in [2.05, 4.69) is 26.2 Å². The molecule has 0 unspecified atom stereocenters. The lowest BCUT2D eigenvalue weighted by molar-refractivity contribution is 0.585. The van der Waals surface area contributed by atoms with Gasteiger partial charge in [-0.25, -0.2) is 8.78 Å². The smallest absolute Gasteiger partial charge is 0.193 e. The summed E-state index contributed by atoms with van der Waals surface area (Å²) in [6.07, 6.45) is 0.843. The maximum Gasteiger partial charge on any atom is 0.193 e. The summed E-state index contributed by atoms with van der Waals surface area (Å²) in [6, 6.07) is 1.93. The molecule has 0 spiro atoms.